The maximum Gasteiger partial charge on any atom is 0.191 e. The molecule has 0 fully saturated rings. The van der Waals surface area contributed by atoms with E-state index in [4.69, 9.17) is 5.73 Å². The monoisotopic (exact) mass is 284 g/mol. The number of thioether (sulfide) groups is 1. The van der Waals surface area contributed by atoms with Gasteiger partial charge in [-0.05, 0) is 18.6 Å². The number of halogens is 2. The van der Waals surface area contributed by atoms with Crippen LogP contribution in [0.2, 0.25) is 0 Å². The molecule has 0 spiro atoms. The smallest absolute Gasteiger partial charge is 0.191 e. The van der Waals surface area contributed by atoms with Gasteiger partial charge in [0.05, 0.1) is 6.54 Å². The molecule has 2 N–H and O–H groups in total. The first-order valence-corrected chi connectivity index (χ1v) is 6.83. The minimum atomic E-state index is -0.576. The second-order valence-electron chi connectivity index (χ2n) is 3.87. The number of nitrogens with two attached hydrogens (primary N) is 1. The molecule has 0 aliphatic rings. The fourth-order valence-corrected chi connectivity index (χ4v) is 2.68. The number of benzene rings is 1. The van der Waals surface area contributed by atoms with Gasteiger partial charge in [0, 0.05) is 18.4 Å². The molecule has 0 saturated heterocycles. The molecule has 0 radical (unpaired) electrons. The van der Waals surface area contributed by atoms with Crippen LogP contribution in [0, 0.1) is 11.6 Å². The molecule has 4 nitrogen and oxygen atoms in total. The van der Waals surface area contributed by atoms with Crippen molar-refractivity contribution in [3.63, 3.8) is 0 Å². The predicted octanol–water partition coefficient (Wildman–Crippen LogP) is 2.33. The predicted molar refractivity (Wildman–Crippen MR) is 69.5 cm³/mol. The van der Waals surface area contributed by atoms with Crippen molar-refractivity contribution < 1.29 is 8.78 Å². The maximum absolute atomic E-state index is 13.5. The summed E-state index contributed by atoms with van der Waals surface area (Å²) < 4.78 is 28.2. The molecule has 102 valence electrons. The summed E-state index contributed by atoms with van der Waals surface area (Å²) in [4.78, 5) is 0. The van der Waals surface area contributed by atoms with Crippen LogP contribution >= 0.6 is 11.8 Å². The van der Waals surface area contributed by atoms with Gasteiger partial charge in [-0.2, -0.15) is 0 Å². The zero-order valence-electron chi connectivity index (χ0n) is 10.4. The average molecular weight is 284 g/mol. The van der Waals surface area contributed by atoms with Crippen molar-refractivity contribution in [1.29, 1.82) is 0 Å². The van der Waals surface area contributed by atoms with Gasteiger partial charge in [0.2, 0.25) is 0 Å². The lowest BCUT2D eigenvalue weighted by Crippen LogP contribution is -2.08. The van der Waals surface area contributed by atoms with E-state index < -0.39 is 11.6 Å². The van der Waals surface area contributed by atoms with Crippen molar-refractivity contribution in [1.82, 2.24) is 14.8 Å². The van der Waals surface area contributed by atoms with E-state index in [-0.39, 0.29) is 0 Å². The summed E-state index contributed by atoms with van der Waals surface area (Å²) in [6, 6.07) is 3.56. The number of hydrogen-bond donors (Lipinski definition) is 1. The standard InChI is InChI=1S/C12H14F2N4S/c1-2-18-11(6-15)16-17-12(18)19-7-8-3-4-9(13)5-10(8)14/h3-5H,2,6-7,15H2,1H3. The topological polar surface area (TPSA) is 56.7 Å². The lowest BCUT2D eigenvalue weighted by Gasteiger charge is -2.06. The van der Waals surface area contributed by atoms with E-state index in [2.05, 4.69) is 10.2 Å². The molecule has 0 unspecified atom stereocenters. The summed E-state index contributed by atoms with van der Waals surface area (Å²) in [6.07, 6.45) is 0. The van der Waals surface area contributed by atoms with Crippen molar-refractivity contribution in [2.45, 2.75) is 30.9 Å². The molecule has 0 aliphatic heterocycles. The Morgan fingerprint density at radius 2 is 2.11 bits per heavy atom. The zero-order valence-corrected chi connectivity index (χ0v) is 11.3. The van der Waals surface area contributed by atoms with Crippen LogP contribution in [0.5, 0.6) is 0 Å². The Hall–Kier alpha value is -1.47. The van der Waals surface area contributed by atoms with Crippen LogP contribution in [0.1, 0.15) is 18.3 Å². The first kappa shape index (κ1) is 14.0. The molecule has 7 heteroatoms. The minimum Gasteiger partial charge on any atom is -0.324 e. The molecule has 1 heterocycles. The normalized spacial score (nSPS) is 10.9. The van der Waals surface area contributed by atoms with Gasteiger partial charge in [-0.15, -0.1) is 10.2 Å². The highest BCUT2D eigenvalue weighted by atomic mass is 32.2. The average Bonchev–Trinajstić information content (AvgIpc) is 2.79. The van der Waals surface area contributed by atoms with Crippen LogP contribution in [0.3, 0.4) is 0 Å². The van der Waals surface area contributed by atoms with Gasteiger partial charge in [-0.3, -0.25) is 0 Å². The highest BCUT2D eigenvalue weighted by molar-refractivity contribution is 7.98. The summed E-state index contributed by atoms with van der Waals surface area (Å²) in [5, 5.41) is 8.67. The van der Waals surface area contributed by atoms with Gasteiger partial charge in [0.25, 0.3) is 0 Å². The third-order valence-electron chi connectivity index (χ3n) is 2.66. The SMILES string of the molecule is CCn1c(CN)nnc1SCc1ccc(F)cc1F. The van der Waals surface area contributed by atoms with Gasteiger partial charge in [-0.1, -0.05) is 17.8 Å². The molecular weight excluding hydrogens is 270 g/mol. The number of hydrogen-bond acceptors (Lipinski definition) is 4. The largest absolute Gasteiger partial charge is 0.324 e. The van der Waals surface area contributed by atoms with E-state index in [1.807, 2.05) is 11.5 Å². The zero-order chi connectivity index (χ0) is 13.8. The van der Waals surface area contributed by atoms with Gasteiger partial charge < -0.3 is 10.3 Å². The lowest BCUT2D eigenvalue weighted by molar-refractivity contribution is 0.576. The molecule has 0 aliphatic carbocycles. The van der Waals surface area contributed by atoms with E-state index >= 15 is 0 Å². The second kappa shape index (κ2) is 6.12. The third kappa shape index (κ3) is 3.10. The Kier molecular flexibility index (Phi) is 4.49. The summed E-state index contributed by atoms with van der Waals surface area (Å²) in [7, 11) is 0. The maximum atomic E-state index is 13.5. The van der Waals surface area contributed by atoms with E-state index in [1.165, 1.54) is 23.9 Å². The van der Waals surface area contributed by atoms with E-state index in [0.29, 0.717) is 35.4 Å². The summed E-state index contributed by atoms with van der Waals surface area (Å²) >= 11 is 1.35. The molecule has 1 aromatic heterocycles. The molecule has 1 aromatic carbocycles. The van der Waals surface area contributed by atoms with Crippen LogP contribution in [0.25, 0.3) is 0 Å². The third-order valence-corrected chi connectivity index (χ3v) is 3.68. The fourth-order valence-electron chi connectivity index (χ4n) is 1.68. The lowest BCUT2D eigenvalue weighted by atomic mass is 10.2. The van der Waals surface area contributed by atoms with Gasteiger partial charge >= 0.3 is 0 Å². The Labute approximate surface area is 114 Å². The Balaban J connectivity index is 2.12. The van der Waals surface area contributed by atoms with E-state index in [9.17, 15) is 8.78 Å². The number of rotatable bonds is 5. The Bertz CT molecular complexity index is 571. The minimum absolute atomic E-state index is 0.312. The molecule has 2 rings (SSSR count). The Morgan fingerprint density at radius 3 is 2.74 bits per heavy atom. The van der Waals surface area contributed by atoms with E-state index in [1.54, 1.807) is 0 Å². The highest BCUT2D eigenvalue weighted by Crippen LogP contribution is 2.23. The van der Waals surface area contributed by atoms with Crippen LogP contribution in [0.15, 0.2) is 23.4 Å². The van der Waals surface area contributed by atoms with Crippen molar-refractivity contribution in [2.75, 3.05) is 0 Å². The number of nitrogens with zero attached hydrogens (tertiary/aromatic N) is 3. The van der Waals surface area contributed by atoms with Gasteiger partial charge in [0.1, 0.15) is 17.5 Å². The molecule has 2 aromatic rings. The molecule has 0 bridgehead atoms. The van der Waals surface area contributed by atoms with Gasteiger partial charge in [0.15, 0.2) is 5.16 Å². The van der Waals surface area contributed by atoms with Gasteiger partial charge in [-0.25, -0.2) is 8.78 Å². The summed E-state index contributed by atoms with van der Waals surface area (Å²) in [6.45, 7) is 2.98. The van der Waals surface area contributed by atoms with Crippen LogP contribution < -0.4 is 5.73 Å². The molecule has 0 saturated carbocycles. The summed E-state index contributed by atoms with van der Waals surface area (Å²) in [5.41, 5.74) is 5.99. The molecule has 19 heavy (non-hydrogen) atoms. The molecule has 0 atom stereocenters. The van der Waals surface area contributed by atoms with Crippen LogP contribution in [0.4, 0.5) is 8.78 Å². The molecular formula is C12H14F2N4S. The van der Waals surface area contributed by atoms with Crippen LogP contribution in [-0.4, -0.2) is 14.8 Å². The highest BCUT2D eigenvalue weighted by Gasteiger charge is 2.11. The van der Waals surface area contributed by atoms with Crippen molar-refractivity contribution in [3.05, 3.63) is 41.2 Å². The quantitative estimate of drug-likeness (QED) is 0.856. The van der Waals surface area contributed by atoms with Crippen molar-refractivity contribution >= 4 is 11.8 Å². The van der Waals surface area contributed by atoms with E-state index in [0.717, 1.165) is 6.07 Å². The fraction of sp³-hybridized carbons (Fsp3) is 0.333. The van der Waals surface area contributed by atoms with Crippen molar-refractivity contribution in [3.8, 4) is 0 Å². The Morgan fingerprint density at radius 1 is 1.32 bits per heavy atom. The molecule has 0 amide bonds. The second-order valence-corrected chi connectivity index (χ2v) is 4.81. The first-order chi connectivity index (χ1) is 9.15. The number of aromatic nitrogens is 3. The van der Waals surface area contributed by atoms with Crippen molar-refractivity contribution in [2.24, 2.45) is 5.73 Å². The van der Waals surface area contributed by atoms with Crippen LogP contribution in [-0.2, 0) is 18.8 Å². The summed E-state index contributed by atoms with van der Waals surface area (Å²) in [5.74, 6) is -0.0541. The first-order valence-electron chi connectivity index (χ1n) is 5.84.